The highest BCUT2D eigenvalue weighted by atomic mass is 79.9. The Balaban J connectivity index is 2.10. The van der Waals surface area contributed by atoms with Crippen molar-refractivity contribution in [3.8, 4) is 5.75 Å². The van der Waals surface area contributed by atoms with Crippen molar-refractivity contribution in [3.63, 3.8) is 0 Å². The van der Waals surface area contributed by atoms with E-state index in [0.717, 1.165) is 4.47 Å². The third-order valence-corrected chi connectivity index (χ3v) is 3.52. The molecule has 0 aliphatic heterocycles. The Morgan fingerprint density at radius 2 is 2.05 bits per heavy atom. The first-order valence-electron chi connectivity index (χ1n) is 5.78. The molecule has 20 heavy (non-hydrogen) atoms. The van der Waals surface area contributed by atoms with Gasteiger partial charge in [-0.2, -0.15) is 0 Å². The second-order valence-electron chi connectivity index (χ2n) is 4.19. The van der Waals surface area contributed by atoms with E-state index >= 15 is 0 Å². The molecule has 2 aromatic rings. The molecular weight excluding hydrogens is 344 g/mol. The highest BCUT2D eigenvalue weighted by Crippen LogP contribution is 2.22. The van der Waals surface area contributed by atoms with Gasteiger partial charge in [0.25, 0.3) is 5.91 Å². The second-order valence-corrected chi connectivity index (χ2v) is 5.52. The van der Waals surface area contributed by atoms with Gasteiger partial charge in [-0.05, 0) is 36.4 Å². The van der Waals surface area contributed by atoms with Crippen molar-refractivity contribution in [2.45, 2.75) is 6.54 Å². The van der Waals surface area contributed by atoms with E-state index in [1.165, 1.54) is 6.07 Å². The molecule has 1 amide bonds. The predicted molar refractivity (Wildman–Crippen MR) is 82.8 cm³/mol. The highest BCUT2D eigenvalue weighted by Gasteiger charge is 2.11. The minimum absolute atomic E-state index is 0.0846. The molecule has 0 unspecified atom stereocenters. The maximum Gasteiger partial charge on any atom is 0.253 e. The van der Waals surface area contributed by atoms with Crippen molar-refractivity contribution in [1.29, 1.82) is 0 Å². The minimum Gasteiger partial charge on any atom is -0.508 e. The summed E-state index contributed by atoms with van der Waals surface area (Å²) in [7, 11) is 0. The average molecular weight is 356 g/mol. The number of rotatable bonds is 3. The first-order valence-corrected chi connectivity index (χ1v) is 6.95. The fourth-order valence-corrected chi connectivity index (χ4v) is 2.45. The number of nitrogen functional groups attached to an aromatic ring is 1. The van der Waals surface area contributed by atoms with Gasteiger partial charge in [0.1, 0.15) is 5.75 Å². The number of anilines is 1. The topological polar surface area (TPSA) is 75.3 Å². The van der Waals surface area contributed by atoms with E-state index in [9.17, 15) is 9.90 Å². The molecular formula is C14H12BrClN2O2. The lowest BCUT2D eigenvalue weighted by Gasteiger charge is -2.09. The van der Waals surface area contributed by atoms with Crippen LogP contribution in [-0.4, -0.2) is 11.0 Å². The number of benzene rings is 2. The Kier molecular flexibility index (Phi) is 4.52. The molecule has 0 saturated carbocycles. The average Bonchev–Trinajstić information content (AvgIpc) is 2.39. The Morgan fingerprint density at radius 3 is 2.75 bits per heavy atom. The van der Waals surface area contributed by atoms with Gasteiger partial charge in [0.2, 0.25) is 0 Å². The van der Waals surface area contributed by atoms with Crippen LogP contribution in [0.15, 0.2) is 40.9 Å². The molecule has 0 radical (unpaired) electrons. The van der Waals surface area contributed by atoms with E-state index in [1.54, 1.807) is 30.3 Å². The fourth-order valence-electron chi connectivity index (χ4n) is 1.69. The molecule has 0 bridgehead atoms. The van der Waals surface area contributed by atoms with Gasteiger partial charge in [0, 0.05) is 22.3 Å². The summed E-state index contributed by atoms with van der Waals surface area (Å²) >= 11 is 9.28. The summed E-state index contributed by atoms with van der Waals surface area (Å²) in [5.74, 6) is -0.231. The third kappa shape index (κ3) is 3.43. The van der Waals surface area contributed by atoms with Gasteiger partial charge in [0.05, 0.1) is 10.6 Å². The van der Waals surface area contributed by atoms with Crippen LogP contribution in [0.1, 0.15) is 15.9 Å². The van der Waals surface area contributed by atoms with Crippen LogP contribution in [0.3, 0.4) is 0 Å². The minimum atomic E-state index is -0.315. The number of nitrogens with one attached hydrogen (secondary N) is 1. The van der Waals surface area contributed by atoms with E-state index in [-0.39, 0.29) is 18.2 Å². The summed E-state index contributed by atoms with van der Waals surface area (Å²) in [6.45, 7) is 0.169. The number of phenols is 1. The lowest BCUT2D eigenvalue weighted by molar-refractivity contribution is 0.0951. The first-order chi connectivity index (χ1) is 9.47. The number of aromatic hydroxyl groups is 1. The van der Waals surface area contributed by atoms with Crippen LogP contribution in [0, 0.1) is 0 Å². The highest BCUT2D eigenvalue weighted by molar-refractivity contribution is 9.10. The Bertz CT molecular complexity index is 662. The van der Waals surface area contributed by atoms with Crippen molar-refractivity contribution in [2.75, 3.05) is 5.73 Å². The van der Waals surface area contributed by atoms with Crippen LogP contribution in [0.25, 0.3) is 0 Å². The quantitative estimate of drug-likeness (QED) is 0.584. The second kappa shape index (κ2) is 6.15. The van der Waals surface area contributed by atoms with Crippen molar-refractivity contribution >= 4 is 39.1 Å². The lowest BCUT2D eigenvalue weighted by Crippen LogP contribution is -2.23. The third-order valence-electron chi connectivity index (χ3n) is 2.72. The first kappa shape index (κ1) is 14.7. The number of nitrogens with two attached hydrogens (primary N) is 1. The van der Waals surface area contributed by atoms with Crippen LogP contribution in [0.2, 0.25) is 5.02 Å². The van der Waals surface area contributed by atoms with E-state index in [0.29, 0.717) is 21.8 Å². The summed E-state index contributed by atoms with van der Waals surface area (Å²) in [6, 6.07) is 9.70. The monoisotopic (exact) mass is 354 g/mol. The fraction of sp³-hybridized carbons (Fsp3) is 0.0714. The molecule has 0 fully saturated rings. The van der Waals surface area contributed by atoms with Crippen LogP contribution < -0.4 is 11.1 Å². The molecule has 4 N–H and O–H groups in total. The van der Waals surface area contributed by atoms with E-state index in [1.807, 2.05) is 0 Å². The van der Waals surface area contributed by atoms with Gasteiger partial charge < -0.3 is 16.2 Å². The number of hydrogen-bond acceptors (Lipinski definition) is 3. The van der Waals surface area contributed by atoms with Gasteiger partial charge in [-0.3, -0.25) is 4.79 Å². The summed E-state index contributed by atoms with van der Waals surface area (Å²) < 4.78 is 0.799. The molecule has 0 aliphatic carbocycles. The summed E-state index contributed by atoms with van der Waals surface area (Å²) in [5.41, 5.74) is 7.08. The van der Waals surface area contributed by atoms with Gasteiger partial charge in [0.15, 0.2) is 0 Å². The van der Waals surface area contributed by atoms with Crippen molar-refractivity contribution < 1.29 is 9.90 Å². The Morgan fingerprint density at radius 1 is 1.30 bits per heavy atom. The number of carbonyl (C=O) groups excluding carboxylic acids is 1. The Hall–Kier alpha value is -1.72. The molecule has 104 valence electrons. The zero-order chi connectivity index (χ0) is 14.7. The molecule has 2 aromatic carbocycles. The van der Waals surface area contributed by atoms with Crippen molar-refractivity contribution in [1.82, 2.24) is 5.32 Å². The Labute approximate surface area is 129 Å². The van der Waals surface area contributed by atoms with Crippen molar-refractivity contribution in [2.24, 2.45) is 0 Å². The number of hydrogen-bond donors (Lipinski definition) is 3. The van der Waals surface area contributed by atoms with E-state index in [4.69, 9.17) is 17.3 Å². The molecule has 0 atom stereocenters. The van der Waals surface area contributed by atoms with Gasteiger partial charge in [-0.25, -0.2) is 0 Å². The summed E-state index contributed by atoms with van der Waals surface area (Å²) in [4.78, 5) is 12.0. The SMILES string of the molecule is Nc1ccc(O)c(CNC(=O)c2ccc(Br)cc2Cl)c1. The number of phenolic OH excluding ortho intramolecular Hbond substituents is 1. The van der Waals surface area contributed by atoms with Gasteiger partial charge in [-0.1, -0.05) is 27.5 Å². The van der Waals surface area contributed by atoms with E-state index in [2.05, 4.69) is 21.2 Å². The smallest absolute Gasteiger partial charge is 0.253 e. The molecule has 6 heteroatoms. The zero-order valence-electron chi connectivity index (χ0n) is 10.4. The summed E-state index contributed by atoms with van der Waals surface area (Å²) in [6.07, 6.45) is 0. The van der Waals surface area contributed by atoms with Crippen LogP contribution in [-0.2, 0) is 6.54 Å². The molecule has 4 nitrogen and oxygen atoms in total. The van der Waals surface area contributed by atoms with E-state index < -0.39 is 0 Å². The molecule has 2 rings (SSSR count). The maximum absolute atomic E-state index is 12.0. The van der Waals surface area contributed by atoms with Gasteiger partial charge in [-0.15, -0.1) is 0 Å². The summed E-state index contributed by atoms with van der Waals surface area (Å²) in [5, 5.41) is 12.7. The number of halogens is 2. The van der Waals surface area contributed by atoms with Crippen LogP contribution in [0.5, 0.6) is 5.75 Å². The largest absolute Gasteiger partial charge is 0.508 e. The van der Waals surface area contributed by atoms with Gasteiger partial charge >= 0.3 is 0 Å². The molecule has 0 heterocycles. The molecule has 0 spiro atoms. The maximum atomic E-state index is 12.0. The molecule has 0 aliphatic rings. The standard InChI is InChI=1S/C14H12BrClN2O2/c15-9-1-3-11(12(16)6-9)14(20)18-7-8-5-10(17)2-4-13(8)19/h1-6,19H,7,17H2,(H,18,20). The lowest BCUT2D eigenvalue weighted by atomic mass is 10.1. The van der Waals surface area contributed by atoms with Crippen LogP contribution in [0.4, 0.5) is 5.69 Å². The molecule has 0 aromatic heterocycles. The zero-order valence-corrected chi connectivity index (χ0v) is 12.7. The van der Waals surface area contributed by atoms with Crippen molar-refractivity contribution in [3.05, 3.63) is 57.0 Å². The van der Waals surface area contributed by atoms with Crippen LogP contribution >= 0.6 is 27.5 Å². The molecule has 0 saturated heterocycles. The predicted octanol–water partition coefficient (Wildman–Crippen LogP) is 3.32. The normalized spacial score (nSPS) is 10.3. The number of carbonyl (C=O) groups is 1. The number of amides is 1.